The van der Waals surface area contributed by atoms with Gasteiger partial charge in [-0.2, -0.15) is 13.2 Å². The molecular weight excluding hydrogens is 405 g/mol. The zero-order chi connectivity index (χ0) is 22.5. The Morgan fingerprint density at radius 2 is 1.33 bits per heavy atom. The first-order valence-electron chi connectivity index (χ1n) is 8.81. The molecule has 164 valence electrons. The van der Waals surface area contributed by atoms with E-state index in [2.05, 4.69) is 0 Å². The molecule has 0 aliphatic rings. The fourth-order valence-electron chi connectivity index (χ4n) is 3.20. The summed E-state index contributed by atoms with van der Waals surface area (Å²) in [5.74, 6) is -0.418. The number of halogens is 3. The number of carbonyl (C=O) groups excluding carboxylic acids is 1. The number of alkyl halides is 3. The molecule has 1 N–H and O–H groups in total. The van der Waals surface area contributed by atoms with Crippen molar-refractivity contribution in [2.45, 2.75) is 24.0 Å². The molecular formula is C21H23F3O6. The van der Waals surface area contributed by atoms with Crippen LogP contribution in [0.3, 0.4) is 0 Å². The summed E-state index contributed by atoms with van der Waals surface area (Å²) in [5.41, 5.74) is -3.51. The van der Waals surface area contributed by atoms with Crippen LogP contribution < -0.4 is 9.47 Å². The fourth-order valence-corrected chi connectivity index (χ4v) is 3.20. The number of hydrogen-bond acceptors (Lipinski definition) is 6. The van der Waals surface area contributed by atoms with E-state index in [1.54, 1.807) is 0 Å². The Hall–Kier alpha value is -2.62. The van der Waals surface area contributed by atoms with E-state index in [1.165, 1.54) is 50.6 Å². The fraction of sp³-hybridized carbons (Fsp3) is 0.381. The van der Waals surface area contributed by atoms with Crippen molar-refractivity contribution in [2.24, 2.45) is 0 Å². The molecule has 2 aromatic rings. The SMILES string of the molecule is COc1ccc([C@H](OC)C(=O)[C@@H](O)[C@](OC)(c2ccc(OC)cc2)C(F)(F)F)cc1. The minimum atomic E-state index is -5.12. The quantitative estimate of drug-likeness (QED) is 0.660. The Labute approximate surface area is 172 Å². The van der Waals surface area contributed by atoms with E-state index in [4.69, 9.17) is 18.9 Å². The molecule has 2 rings (SSSR count). The lowest BCUT2D eigenvalue weighted by Gasteiger charge is -2.38. The van der Waals surface area contributed by atoms with Crippen LogP contribution in [0.15, 0.2) is 48.5 Å². The maximum atomic E-state index is 14.2. The summed E-state index contributed by atoms with van der Waals surface area (Å²) < 4.78 is 62.5. The number of hydrogen-bond donors (Lipinski definition) is 1. The highest BCUT2D eigenvalue weighted by atomic mass is 19.4. The van der Waals surface area contributed by atoms with Crippen molar-refractivity contribution in [3.63, 3.8) is 0 Å². The van der Waals surface area contributed by atoms with Crippen molar-refractivity contribution in [1.29, 1.82) is 0 Å². The highest BCUT2D eigenvalue weighted by Gasteiger charge is 2.64. The Morgan fingerprint density at radius 3 is 1.70 bits per heavy atom. The first-order valence-corrected chi connectivity index (χ1v) is 8.81. The van der Waals surface area contributed by atoms with Crippen LogP contribution in [0.4, 0.5) is 13.2 Å². The number of ketones is 1. The molecule has 0 unspecified atom stereocenters. The van der Waals surface area contributed by atoms with Crippen LogP contribution in [0.25, 0.3) is 0 Å². The Kier molecular flexibility index (Phi) is 7.46. The van der Waals surface area contributed by atoms with Crippen LogP contribution in [-0.2, 0) is 19.9 Å². The number of ether oxygens (including phenoxy) is 4. The van der Waals surface area contributed by atoms with Crippen LogP contribution in [-0.4, -0.2) is 51.6 Å². The Balaban J connectivity index is 2.52. The van der Waals surface area contributed by atoms with Crippen molar-refractivity contribution in [3.8, 4) is 11.5 Å². The second kappa shape index (κ2) is 9.46. The van der Waals surface area contributed by atoms with Gasteiger partial charge in [-0.05, 0) is 35.4 Å². The van der Waals surface area contributed by atoms with Crippen molar-refractivity contribution >= 4 is 5.78 Å². The standard InChI is InChI=1S/C21H23F3O6/c1-27-15-9-5-13(6-10-15)18(29-3)17(25)19(26)20(30-4,21(22,23)24)14-7-11-16(28-2)12-8-14/h5-12,18-19,26H,1-4H3/t18-,19+,20+/m0/s1. The summed E-state index contributed by atoms with van der Waals surface area (Å²) >= 11 is 0. The van der Waals surface area contributed by atoms with Gasteiger partial charge in [0.05, 0.1) is 14.2 Å². The molecule has 0 radical (unpaired) electrons. The van der Waals surface area contributed by atoms with Gasteiger partial charge in [0, 0.05) is 14.2 Å². The average Bonchev–Trinajstić information content (AvgIpc) is 2.74. The summed E-state index contributed by atoms with van der Waals surface area (Å²) in [7, 11) is 4.75. The molecule has 30 heavy (non-hydrogen) atoms. The smallest absolute Gasteiger partial charge is 0.424 e. The first kappa shape index (κ1) is 23.7. The van der Waals surface area contributed by atoms with E-state index in [-0.39, 0.29) is 5.56 Å². The van der Waals surface area contributed by atoms with Gasteiger partial charge < -0.3 is 24.1 Å². The van der Waals surface area contributed by atoms with Crippen molar-refractivity contribution < 1.29 is 42.0 Å². The molecule has 0 saturated heterocycles. The maximum Gasteiger partial charge on any atom is 0.424 e. The van der Waals surface area contributed by atoms with Gasteiger partial charge in [0.2, 0.25) is 5.60 Å². The molecule has 3 atom stereocenters. The van der Waals surface area contributed by atoms with E-state index in [0.717, 1.165) is 26.4 Å². The largest absolute Gasteiger partial charge is 0.497 e. The molecule has 0 aliphatic carbocycles. The average molecular weight is 428 g/mol. The molecule has 9 heteroatoms. The monoisotopic (exact) mass is 428 g/mol. The zero-order valence-electron chi connectivity index (χ0n) is 16.9. The second-order valence-electron chi connectivity index (χ2n) is 6.36. The molecule has 2 aromatic carbocycles. The van der Waals surface area contributed by atoms with Crippen LogP contribution in [0, 0.1) is 0 Å². The van der Waals surface area contributed by atoms with Gasteiger partial charge in [-0.3, -0.25) is 4.79 Å². The number of benzene rings is 2. The molecule has 0 amide bonds. The highest BCUT2D eigenvalue weighted by molar-refractivity contribution is 5.89. The lowest BCUT2D eigenvalue weighted by molar-refractivity contribution is -0.303. The third-order valence-electron chi connectivity index (χ3n) is 4.83. The van der Waals surface area contributed by atoms with E-state index in [1.807, 2.05) is 0 Å². The van der Waals surface area contributed by atoms with Gasteiger partial charge in [-0.1, -0.05) is 24.3 Å². The van der Waals surface area contributed by atoms with E-state index < -0.39 is 35.3 Å². The second-order valence-corrected chi connectivity index (χ2v) is 6.36. The van der Waals surface area contributed by atoms with Gasteiger partial charge in [-0.25, -0.2) is 0 Å². The zero-order valence-corrected chi connectivity index (χ0v) is 16.9. The Morgan fingerprint density at radius 1 is 0.867 bits per heavy atom. The summed E-state index contributed by atoms with van der Waals surface area (Å²) in [6.45, 7) is 0. The van der Waals surface area contributed by atoms with E-state index >= 15 is 0 Å². The normalized spacial score (nSPS) is 15.7. The van der Waals surface area contributed by atoms with Crippen LogP contribution in [0.2, 0.25) is 0 Å². The molecule has 0 fully saturated rings. The topological polar surface area (TPSA) is 74.2 Å². The van der Waals surface area contributed by atoms with Crippen LogP contribution in [0.1, 0.15) is 17.2 Å². The summed E-state index contributed by atoms with van der Waals surface area (Å²) in [6, 6.07) is 10.7. The number of carbonyl (C=O) groups is 1. The summed E-state index contributed by atoms with van der Waals surface area (Å²) in [4.78, 5) is 13.0. The van der Waals surface area contributed by atoms with Gasteiger partial charge in [0.1, 0.15) is 17.6 Å². The van der Waals surface area contributed by atoms with Gasteiger partial charge in [0.15, 0.2) is 11.9 Å². The van der Waals surface area contributed by atoms with Crippen LogP contribution in [0.5, 0.6) is 11.5 Å². The first-order chi connectivity index (χ1) is 14.2. The highest BCUT2D eigenvalue weighted by Crippen LogP contribution is 2.46. The number of methoxy groups -OCH3 is 4. The predicted molar refractivity (Wildman–Crippen MR) is 101 cm³/mol. The molecule has 0 spiro atoms. The van der Waals surface area contributed by atoms with Gasteiger partial charge in [0.25, 0.3) is 0 Å². The molecule has 6 nitrogen and oxygen atoms in total. The minimum Gasteiger partial charge on any atom is -0.497 e. The van der Waals surface area contributed by atoms with Crippen molar-refractivity contribution in [3.05, 3.63) is 59.7 Å². The molecule has 0 bridgehead atoms. The number of rotatable bonds is 9. The third kappa shape index (κ3) is 4.28. The van der Waals surface area contributed by atoms with E-state index in [0.29, 0.717) is 11.5 Å². The summed E-state index contributed by atoms with van der Waals surface area (Å²) in [5, 5.41) is 10.7. The summed E-state index contributed by atoms with van der Waals surface area (Å²) in [6.07, 6.45) is -9.19. The molecule has 0 aliphatic heterocycles. The maximum absolute atomic E-state index is 14.2. The number of Topliss-reactive ketones (excluding diaryl/α,β-unsaturated/α-hetero) is 1. The molecule has 0 heterocycles. The number of aliphatic hydroxyl groups excluding tert-OH is 1. The van der Waals surface area contributed by atoms with Crippen molar-refractivity contribution in [2.75, 3.05) is 28.4 Å². The number of aliphatic hydroxyl groups is 1. The Bertz CT molecular complexity index is 835. The predicted octanol–water partition coefficient (Wildman–Crippen LogP) is 3.43. The van der Waals surface area contributed by atoms with Crippen molar-refractivity contribution in [1.82, 2.24) is 0 Å². The molecule has 0 aromatic heterocycles. The molecule has 0 saturated carbocycles. The van der Waals surface area contributed by atoms with E-state index in [9.17, 15) is 23.1 Å². The third-order valence-corrected chi connectivity index (χ3v) is 4.83. The van der Waals surface area contributed by atoms with Gasteiger partial charge >= 0.3 is 6.18 Å². The minimum absolute atomic E-state index is 0.254. The van der Waals surface area contributed by atoms with Gasteiger partial charge in [-0.15, -0.1) is 0 Å². The van der Waals surface area contributed by atoms with Crippen LogP contribution >= 0.6 is 0 Å². The lowest BCUT2D eigenvalue weighted by Crippen LogP contribution is -2.57. The lowest BCUT2D eigenvalue weighted by atomic mass is 9.82.